The molecule has 6 heteroatoms. The van der Waals surface area contributed by atoms with E-state index in [0.717, 1.165) is 5.56 Å². The lowest BCUT2D eigenvalue weighted by Crippen LogP contribution is -2.34. The molecule has 0 aliphatic heterocycles. The fourth-order valence-corrected chi connectivity index (χ4v) is 1.47. The summed E-state index contributed by atoms with van der Waals surface area (Å²) < 4.78 is 52.9. The monoisotopic (exact) mass is 265 g/mol. The third-order valence-electron chi connectivity index (χ3n) is 2.39. The number of hydrogen-bond acceptors (Lipinski definition) is 2. The summed E-state index contributed by atoms with van der Waals surface area (Å²) in [6, 6.07) is 5.60. The summed E-state index contributed by atoms with van der Waals surface area (Å²) in [6.07, 6.45) is -3.83. The average Bonchev–Trinajstić information content (AvgIpc) is 2.29. The fraction of sp³-hybridized carbons (Fsp3) is 0.500. The van der Waals surface area contributed by atoms with Crippen LogP contribution in [0.2, 0.25) is 0 Å². The van der Waals surface area contributed by atoms with Crippen LogP contribution in [0.3, 0.4) is 0 Å². The van der Waals surface area contributed by atoms with Crippen molar-refractivity contribution >= 4 is 0 Å². The van der Waals surface area contributed by atoms with Crippen LogP contribution in [0.5, 0.6) is 0 Å². The van der Waals surface area contributed by atoms with Gasteiger partial charge >= 0.3 is 6.18 Å². The highest BCUT2D eigenvalue weighted by molar-refractivity contribution is 5.17. The van der Waals surface area contributed by atoms with Crippen molar-refractivity contribution in [2.24, 2.45) is 0 Å². The lowest BCUT2D eigenvalue weighted by atomic mass is 10.1. The van der Waals surface area contributed by atoms with Crippen molar-refractivity contribution in [3.63, 3.8) is 0 Å². The zero-order chi connectivity index (χ0) is 13.6. The highest BCUT2D eigenvalue weighted by Gasteiger charge is 2.27. The maximum absolute atomic E-state index is 12.7. The highest BCUT2D eigenvalue weighted by atomic mass is 19.4. The Hall–Kier alpha value is -1.14. The summed E-state index contributed by atoms with van der Waals surface area (Å²) in [7, 11) is 1.64. The number of rotatable bonds is 6. The first-order valence-corrected chi connectivity index (χ1v) is 5.47. The lowest BCUT2D eigenvalue weighted by molar-refractivity contribution is -0.175. The Balaban J connectivity index is 2.40. The molecule has 1 N–H and O–H groups in total. The molecule has 0 spiro atoms. The molecule has 0 bridgehead atoms. The Kier molecular flexibility index (Phi) is 5.55. The Morgan fingerprint density at radius 2 is 1.83 bits per heavy atom. The van der Waals surface area contributed by atoms with Crippen LogP contribution in [0.25, 0.3) is 0 Å². The predicted octanol–water partition coefficient (Wildman–Crippen LogP) is 2.54. The Morgan fingerprint density at radius 3 is 2.33 bits per heavy atom. The van der Waals surface area contributed by atoms with Gasteiger partial charge in [-0.1, -0.05) is 12.1 Å². The van der Waals surface area contributed by atoms with E-state index in [1.165, 1.54) is 12.1 Å². The Labute approximate surface area is 103 Å². The van der Waals surface area contributed by atoms with Crippen LogP contribution in [0.4, 0.5) is 17.6 Å². The van der Waals surface area contributed by atoms with Crippen molar-refractivity contribution in [1.29, 1.82) is 0 Å². The molecule has 0 aliphatic rings. The van der Waals surface area contributed by atoms with E-state index in [-0.39, 0.29) is 18.5 Å². The molecule has 0 amide bonds. The van der Waals surface area contributed by atoms with E-state index in [2.05, 4.69) is 10.1 Å². The number of halogens is 4. The molecule has 1 aromatic rings. The minimum atomic E-state index is -4.31. The van der Waals surface area contributed by atoms with E-state index in [1.54, 1.807) is 19.2 Å². The van der Waals surface area contributed by atoms with Crippen molar-refractivity contribution in [2.75, 3.05) is 20.3 Å². The van der Waals surface area contributed by atoms with E-state index >= 15 is 0 Å². The zero-order valence-corrected chi connectivity index (χ0v) is 9.93. The average molecular weight is 265 g/mol. The van der Waals surface area contributed by atoms with E-state index in [4.69, 9.17) is 0 Å². The summed E-state index contributed by atoms with van der Waals surface area (Å²) in [6.45, 7) is -1.30. The first kappa shape index (κ1) is 14.9. The molecule has 0 radical (unpaired) electrons. The van der Waals surface area contributed by atoms with E-state index < -0.39 is 12.8 Å². The Bertz CT molecular complexity index is 350. The second-order valence-electron chi connectivity index (χ2n) is 3.95. The normalized spacial score (nSPS) is 13.6. The van der Waals surface area contributed by atoms with Gasteiger partial charge in [0, 0.05) is 6.04 Å². The van der Waals surface area contributed by atoms with Crippen LogP contribution in [0, 0.1) is 5.82 Å². The molecule has 0 fully saturated rings. The van der Waals surface area contributed by atoms with Gasteiger partial charge in [-0.2, -0.15) is 13.2 Å². The quantitative estimate of drug-likeness (QED) is 0.798. The lowest BCUT2D eigenvalue weighted by Gasteiger charge is -2.17. The van der Waals surface area contributed by atoms with E-state index in [9.17, 15) is 17.6 Å². The van der Waals surface area contributed by atoms with Crippen molar-refractivity contribution < 1.29 is 22.3 Å². The number of ether oxygens (including phenoxy) is 1. The zero-order valence-electron chi connectivity index (χ0n) is 9.93. The molecule has 1 atom stereocenters. The van der Waals surface area contributed by atoms with Crippen LogP contribution in [0.15, 0.2) is 24.3 Å². The predicted molar refractivity (Wildman–Crippen MR) is 59.8 cm³/mol. The molecular weight excluding hydrogens is 250 g/mol. The Morgan fingerprint density at radius 1 is 1.22 bits per heavy atom. The van der Waals surface area contributed by atoms with E-state index in [1.807, 2.05) is 0 Å². The molecule has 0 heterocycles. The maximum atomic E-state index is 12.7. The van der Waals surface area contributed by atoms with Gasteiger partial charge in [0.15, 0.2) is 0 Å². The molecule has 18 heavy (non-hydrogen) atoms. The summed E-state index contributed by atoms with van der Waals surface area (Å²) >= 11 is 0. The van der Waals surface area contributed by atoms with Crippen molar-refractivity contribution in [3.8, 4) is 0 Å². The molecular formula is C12H15F4NO. The number of alkyl halides is 3. The van der Waals surface area contributed by atoms with Gasteiger partial charge in [-0.25, -0.2) is 4.39 Å². The van der Waals surface area contributed by atoms with Gasteiger partial charge in [0.05, 0.1) is 6.61 Å². The molecule has 1 aromatic carbocycles. The van der Waals surface area contributed by atoms with Gasteiger partial charge in [0.1, 0.15) is 12.4 Å². The third-order valence-corrected chi connectivity index (χ3v) is 2.39. The minimum absolute atomic E-state index is 0.0482. The minimum Gasteiger partial charge on any atom is -0.370 e. The van der Waals surface area contributed by atoms with Gasteiger partial charge in [-0.3, -0.25) is 0 Å². The van der Waals surface area contributed by atoms with Crippen molar-refractivity contribution in [3.05, 3.63) is 35.6 Å². The van der Waals surface area contributed by atoms with Crippen LogP contribution < -0.4 is 5.32 Å². The molecule has 2 nitrogen and oxygen atoms in total. The number of benzene rings is 1. The third kappa shape index (κ3) is 5.97. The summed E-state index contributed by atoms with van der Waals surface area (Å²) in [5, 5.41) is 2.87. The van der Waals surface area contributed by atoms with Crippen molar-refractivity contribution in [2.45, 2.75) is 18.6 Å². The molecule has 0 aliphatic carbocycles. The number of nitrogens with one attached hydrogen (secondary N) is 1. The second kappa shape index (κ2) is 6.70. The molecule has 0 saturated carbocycles. The molecule has 0 aromatic heterocycles. The first-order valence-electron chi connectivity index (χ1n) is 5.47. The SMILES string of the molecule is CNC(COCC(F)(F)F)Cc1ccc(F)cc1. The van der Waals surface area contributed by atoms with Crippen LogP contribution >= 0.6 is 0 Å². The first-order chi connectivity index (χ1) is 8.40. The molecule has 1 unspecified atom stereocenters. The topological polar surface area (TPSA) is 21.3 Å². The fourth-order valence-electron chi connectivity index (χ4n) is 1.47. The van der Waals surface area contributed by atoms with Gasteiger partial charge in [0.2, 0.25) is 0 Å². The van der Waals surface area contributed by atoms with Crippen LogP contribution in [0.1, 0.15) is 5.56 Å². The second-order valence-corrected chi connectivity index (χ2v) is 3.95. The van der Waals surface area contributed by atoms with Crippen LogP contribution in [-0.2, 0) is 11.2 Å². The van der Waals surface area contributed by atoms with Gasteiger partial charge in [-0.05, 0) is 31.2 Å². The van der Waals surface area contributed by atoms with Crippen molar-refractivity contribution in [1.82, 2.24) is 5.32 Å². The smallest absolute Gasteiger partial charge is 0.370 e. The van der Waals surface area contributed by atoms with Gasteiger partial charge in [-0.15, -0.1) is 0 Å². The molecule has 102 valence electrons. The summed E-state index contributed by atoms with van der Waals surface area (Å²) in [5.74, 6) is -0.340. The molecule has 0 saturated heterocycles. The van der Waals surface area contributed by atoms with E-state index in [0.29, 0.717) is 6.42 Å². The van der Waals surface area contributed by atoms with Gasteiger partial charge < -0.3 is 10.1 Å². The standard InChI is InChI=1S/C12H15F4NO/c1-17-11(7-18-8-12(14,15)16)6-9-2-4-10(13)5-3-9/h2-5,11,17H,6-8H2,1H3. The largest absolute Gasteiger partial charge is 0.411 e. The van der Waals surface area contributed by atoms with Gasteiger partial charge in [0.25, 0.3) is 0 Å². The van der Waals surface area contributed by atoms with Crippen LogP contribution in [-0.4, -0.2) is 32.5 Å². The highest BCUT2D eigenvalue weighted by Crippen LogP contribution is 2.14. The number of hydrogen-bond donors (Lipinski definition) is 1. The number of likely N-dealkylation sites (N-methyl/N-ethyl adjacent to an activating group) is 1. The summed E-state index contributed by atoms with van der Waals surface area (Å²) in [5.41, 5.74) is 0.839. The molecule has 1 rings (SSSR count). The maximum Gasteiger partial charge on any atom is 0.411 e. The summed E-state index contributed by atoms with van der Waals surface area (Å²) in [4.78, 5) is 0.